The lowest BCUT2D eigenvalue weighted by atomic mass is 10.1. The lowest BCUT2D eigenvalue weighted by molar-refractivity contribution is -0.117. The van der Waals surface area contributed by atoms with Gasteiger partial charge in [0.2, 0.25) is 15.9 Å². The van der Waals surface area contributed by atoms with Crippen molar-refractivity contribution in [2.75, 3.05) is 18.6 Å². The van der Waals surface area contributed by atoms with Gasteiger partial charge in [-0.3, -0.25) is 4.79 Å². The third-order valence-electron chi connectivity index (χ3n) is 3.29. The Balaban J connectivity index is 2.45. The number of esters is 1. The number of hydrogen-bond acceptors (Lipinski definition) is 5. The number of hydrogen-bond donors (Lipinski definition) is 1. The Morgan fingerprint density at radius 2 is 2.00 bits per heavy atom. The average molecular weight is 334 g/mol. The topological polar surface area (TPSA) is 107 Å². The summed E-state index contributed by atoms with van der Waals surface area (Å²) in [6.07, 6.45) is -0.413. The molecule has 1 saturated heterocycles. The van der Waals surface area contributed by atoms with E-state index in [1.54, 1.807) is 0 Å². The van der Waals surface area contributed by atoms with Crippen molar-refractivity contribution in [2.24, 2.45) is 5.14 Å². The zero-order chi connectivity index (χ0) is 16.7. The van der Waals surface area contributed by atoms with E-state index < -0.39 is 56.5 Å². The molecule has 1 unspecified atom stereocenters. The van der Waals surface area contributed by atoms with Gasteiger partial charge in [0.1, 0.15) is 16.9 Å². The zero-order valence-electron chi connectivity index (χ0n) is 11.4. The van der Waals surface area contributed by atoms with Crippen LogP contribution in [0, 0.1) is 11.6 Å². The first-order chi connectivity index (χ1) is 10.1. The molecule has 0 aliphatic carbocycles. The summed E-state index contributed by atoms with van der Waals surface area (Å²) in [7, 11) is -2.96. The van der Waals surface area contributed by atoms with Gasteiger partial charge >= 0.3 is 5.97 Å². The van der Waals surface area contributed by atoms with Crippen molar-refractivity contribution in [3.63, 3.8) is 0 Å². The number of halogens is 2. The Bertz CT molecular complexity index is 750. The van der Waals surface area contributed by atoms with E-state index in [-0.39, 0.29) is 6.54 Å². The predicted octanol–water partition coefficient (Wildman–Crippen LogP) is 0.145. The average Bonchev–Trinajstić information content (AvgIpc) is 2.80. The van der Waals surface area contributed by atoms with Crippen LogP contribution in [-0.2, 0) is 19.6 Å². The zero-order valence-corrected chi connectivity index (χ0v) is 12.2. The lowest BCUT2D eigenvalue weighted by Crippen LogP contribution is -2.32. The summed E-state index contributed by atoms with van der Waals surface area (Å²) >= 11 is 0. The smallest absolute Gasteiger partial charge is 0.340 e. The van der Waals surface area contributed by atoms with Crippen molar-refractivity contribution < 1.29 is 31.5 Å². The van der Waals surface area contributed by atoms with Crippen LogP contribution in [0.2, 0.25) is 0 Å². The van der Waals surface area contributed by atoms with Crippen molar-refractivity contribution >= 4 is 27.6 Å². The molecule has 1 amide bonds. The van der Waals surface area contributed by atoms with Gasteiger partial charge in [0, 0.05) is 19.0 Å². The molecule has 0 bridgehead atoms. The molecule has 2 rings (SSSR count). The number of amides is 1. The Morgan fingerprint density at radius 1 is 1.36 bits per heavy atom. The van der Waals surface area contributed by atoms with Crippen LogP contribution < -0.4 is 10.0 Å². The highest BCUT2D eigenvalue weighted by Gasteiger charge is 2.38. The third-order valence-corrected chi connectivity index (χ3v) is 4.53. The quantitative estimate of drug-likeness (QED) is 0.792. The lowest BCUT2D eigenvalue weighted by Gasteiger charge is -2.18. The molecular formula is C12H12F2N2O5S. The van der Waals surface area contributed by atoms with Gasteiger partial charge in [-0.1, -0.05) is 0 Å². The van der Waals surface area contributed by atoms with Gasteiger partial charge in [-0.25, -0.2) is 27.1 Å². The Labute approximate surface area is 124 Å². The van der Waals surface area contributed by atoms with E-state index >= 15 is 0 Å². The van der Waals surface area contributed by atoms with Crippen molar-refractivity contribution in [2.45, 2.75) is 11.7 Å². The summed E-state index contributed by atoms with van der Waals surface area (Å²) in [5.74, 6) is -4.00. The van der Waals surface area contributed by atoms with Crippen molar-refractivity contribution in [3.05, 3.63) is 29.3 Å². The first-order valence-corrected chi connectivity index (χ1v) is 7.65. The summed E-state index contributed by atoms with van der Waals surface area (Å²) in [5, 5.41) is 3.78. The molecule has 120 valence electrons. The maximum absolute atomic E-state index is 13.9. The van der Waals surface area contributed by atoms with E-state index in [4.69, 9.17) is 5.14 Å². The van der Waals surface area contributed by atoms with E-state index in [0.29, 0.717) is 6.07 Å². The molecule has 0 spiro atoms. The molecule has 7 nitrogen and oxygen atoms in total. The molecule has 1 aromatic carbocycles. The summed E-state index contributed by atoms with van der Waals surface area (Å²) in [4.78, 5) is 24.1. The number of carbonyl (C=O) groups excluding carboxylic acids is 2. The summed E-state index contributed by atoms with van der Waals surface area (Å²) in [6, 6.07) is 1.24. The van der Waals surface area contributed by atoms with Gasteiger partial charge in [-0.15, -0.1) is 0 Å². The van der Waals surface area contributed by atoms with Crippen molar-refractivity contribution in [3.8, 4) is 0 Å². The Morgan fingerprint density at radius 3 is 2.50 bits per heavy atom. The minimum absolute atomic E-state index is 0.374. The Kier molecular flexibility index (Phi) is 4.16. The molecular weight excluding hydrogens is 322 g/mol. The maximum Gasteiger partial charge on any atom is 0.340 e. The van der Waals surface area contributed by atoms with Gasteiger partial charge in [-0.2, -0.15) is 0 Å². The van der Waals surface area contributed by atoms with Crippen LogP contribution in [0.25, 0.3) is 0 Å². The summed E-state index contributed by atoms with van der Waals surface area (Å²) < 4.78 is 54.4. The molecule has 0 saturated carbocycles. The van der Waals surface area contributed by atoms with E-state index in [0.717, 1.165) is 18.1 Å². The second-order valence-corrected chi connectivity index (χ2v) is 6.54. The molecule has 1 aliphatic rings. The first kappa shape index (κ1) is 16.3. The van der Waals surface area contributed by atoms with Crippen LogP contribution in [-0.4, -0.2) is 39.2 Å². The number of carbonyl (C=O) groups is 2. The fourth-order valence-electron chi connectivity index (χ4n) is 2.14. The molecule has 10 heteroatoms. The predicted molar refractivity (Wildman–Crippen MR) is 71.6 cm³/mol. The Hall–Kier alpha value is -2.07. The van der Waals surface area contributed by atoms with Crippen LogP contribution >= 0.6 is 0 Å². The van der Waals surface area contributed by atoms with Gasteiger partial charge in [0.25, 0.3) is 0 Å². The van der Waals surface area contributed by atoms with Gasteiger partial charge < -0.3 is 9.64 Å². The van der Waals surface area contributed by atoms with Gasteiger partial charge in [0.05, 0.1) is 18.4 Å². The minimum Gasteiger partial charge on any atom is -0.465 e. The van der Waals surface area contributed by atoms with Gasteiger partial charge in [0.15, 0.2) is 0 Å². The minimum atomic E-state index is -3.98. The standard InChI is InChI=1S/C12H12F2N2O5S/c1-21-12(18)7-3-10(9(14)4-8(7)13)16-5-6(2-11(16)17)22(15,19)20/h3-4,6H,2,5H2,1H3,(H2,15,19,20). The van der Waals surface area contributed by atoms with Crippen LogP contribution in [0.15, 0.2) is 12.1 Å². The normalized spacial score (nSPS) is 18.6. The molecule has 0 aromatic heterocycles. The number of anilines is 1. The SMILES string of the molecule is COC(=O)c1cc(N2CC(S(N)(=O)=O)CC2=O)c(F)cc1F. The van der Waals surface area contributed by atoms with Crippen molar-refractivity contribution in [1.29, 1.82) is 0 Å². The van der Waals surface area contributed by atoms with E-state index in [2.05, 4.69) is 4.74 Å². The number of nitrogens with zero attached hydrogens (tertiary/aromatic N) is 1. The third kappa shape index (κ3) is 2.92. The molecule has 1 heterocycles. The number of methoxy groups -OCH3 is 1. The highest BCUT2D eigenvalue weighted by molar-refractivity contribution is 7.89. The number of sulfonamides is 1. The second kappa shape index (κ2) is 5.61. The number of ether oxygens (including phenoxy) is 1. The first-order valence-electron chi connectivity index (χ1n) is 6.04. The fraction of sp³-hybridized carbons (Fsp3) is 0.333. The second-order valence-electron chi connectivity index (χ2n) is 4.69. The number of benzene rings is 1. The molecule has 1 aliphatic heterocycles. The number of nitrogens with two attached hydrogens (primary N) is 1. The molecule has 1 fully saturated rings. The van der Waals surface area contributed by atoms with Gasteiger partial charge in [-0.05, 0) is 6.07 Å². The molecule has 22 heavy (non-hydrogen) atoms. The van der Waals surface area contributed by atoms with Crippen LogP contribution in [0.3, 0.4) is 0 Å². The fourth-order valence-corrected chi connectivity index (χ4v) is 2.87. The highest BCUT2D eigenvalue weighted by atomic mass is 32.2. The van der Waals surface area contributed by atoms with E-state index in [1.165, 1.54) is 0 Å². The maximum atomic E-state index is 13.9. The van der Waals surface area contributed by atoms with Crippen molar-refractivity contribution in [1.82, 2.24) is 0 Å². The number of rotatable bonds is 3. The molecule has 1 atom stereocenters. The highest BCUT2D eigenvalue weighted by Crippen LogP contribution is 2.29. The monoisotopic (exact) mass is 334 g/mol. The summed E-state index contributed by atoms with van der Waals surface area (Å²) in [5.41, 5.74) is -0.969. The molecule has 0 radical (unpaired) electrons. The molecule has 1 aromatic rings. The number of primary sulfonamides is 1. The molecule has 2 N–H and O–H groups in total. The van der Waals surface area contributed by atoms with Crippen LogP contribution in [0.5, 0.6) is 0 Å². The largest absolute Gasteiger partial charge is 0.465 e. The summed E-state index contributed by atoms with van der Waals surface area (Å²) in [6.45, 7) is -0.374. The van der Waals surface area contributed by atoms with Crippen LogP contribution in [0.1, 0.15) is 16.8 Å². The van der Waals surface area contributed by atoms with E-state index in [9.17, 15) is 26.8 Å². The van der Waals surface area contributed by atoms with E-state index in [1.807, 2.05) is 0 Å². The van der Waals surface area contributed by atoms with Crippen LogP contribution in [0.4, 0.5) is 14.5 Å².